The third kappa shape index (κ3) is 5.90. The first-order valence-electron chi connectivity index (χ1n) is 13.7. The molecular weight excluding hydrogens is 510 g/mol. The zero-order chi connectivity index (χ0) is 29.1. The molecule has 0 aromatic heterocycles. The minimum atomic E-state index is -0.989. The van der Waals surface area contributed by atoms with Crippen molar-refractivity contribution in [3.05, 3.63) is 141 Å². The molecule has 5 rings (SSSR count). The van der Waals surface area contributed by atoms with E-state index in [-0.39, 0.29) is 11.0 Å². The molecule has 5 aromatic rings. The van der Waals surface area contributed by atoms with E-state index in [9.17, 15) is 14.8 Å². The minimum absolute atomic E-state index is 0.223. The van der Waals surface area contributed by atoms with Crippen LogP contribution in [-0.2, 0) is 12.0 Å². The van der Waals surface area contributed by atoms with Crippen LogP contribution < -0.4 is 4.74 Å². The van der Waals surface area contributed by atoms with Gasteiger partial charge in [0.1, 0.15) is 18.4 Å². The predicted octanol–water partition coefficient (Wildman–Crippen LogP) is 9.25. The Balaban J connectivity index is 1.68. The Hall–Kier alpha value is -4.77. The number of benzene rings is 5. The van der Waals surface area contributed by atoms with Crippen LogP contribution in [0.1, 0.15) is 65.0 Å². The van der Waals surface area contributed by atoms with Crippen LogP contribution in [0.2, 0.25) is 0 Å². The van der Waals surface area contributed by atoms with Gasteiger partial charge in [-0.05, 0) is 69.6 Å². The van der Waals surface area contributed by atoms with Crippen molar-refractivity contribution >= 4 is 16.7 Å². The van der Waals surface area contributed by atoms with Gasteiger partial charge in [0, 0.05) is 11.1 Å². The number of fused-ring (bicyclic) bond motifs is 1. The Bertz CT molecular complexity index is 1720. The van der Waals surface area contributed by atoms with Crippen molar-refractivity contribution in [2.45, 2.75) is 45.8 Å². The maximum Gasteiger partial charge on any atom is 0.336 e. The van der Waals surface area contributed by atoms with Crippen LogP contribution in [0.25, 0.3) is 21.9 Å². The molecule has 1 unspecified atom stereocenters. The maximum atomic E-state index is 12.5. The Labute approximate surface area is 240 Å². The van der Waals surface area contributed by atoms with Gasteiger partial charge < -0.3 is 9.84 Å². The summed E-state index contributed by atoms with van der Waals surface area (Å²) in [5.41, 5.74) is 6.45. The summed E-state index contributed by atoms with van der Waals surface area (Å²) in [6, 6.07) is 32.1. The maximum absolute atomic E-state index is 12.5. The molecule has 0 bridgehead atoms. The number of nitroso groups, excluding NO2 is 1. The molecule has 0 spiro atoms. The molecule has 206 valence electrons. The largest absolute Gasteiger partial charge is 0.488 e. The summed E-state index contributed by atoms with van der Waals surface area (Å²) in [4.78, 5) is 24.2. The van der Waals surface area contributed by atoms with Gasteiger partial charge in [-0.25, -0.2) is 4.79 Å². The van der Waals surface area contributed by atoms with E-state index in [4.69, 9.17) is 4.74 Å². The van der Waals surface area contributed by atoms with Crippen molar-refractivity contribution in [3.8, 4) is 16.9 Å². The number of aryl methyl sites for hydroxylation is 1. The van der Waals surface area contributed by atoms with Gasteiger partial charge in [-0.15, -0.1) is 4.91 Å². The monoisotopic (exact) mass is 543 g/mol. The van der Waals surface area contributed by atoms with Gasteiger partial charge in [0.15, 0.2) is 0 Å². The standard InChI is InChI=1S/C36H33NO4/c1-23-13-15-25(16-14-23)31-20-28(21-32(36(2,3)4)34(31)41-22-24-9-6-5-7-10-24)33(37-40)27-17-18-29-26(19-27)11-8-12-30(29)35(38)39/h5-21,33H,22H2,1-4H3,(H,38,39). The van der Waals surface area contributed by atoms with Gasteiger partial charge in [0.2, 0.25) is 0 Å². The number of aromatic carboxylic acids is 1. The Morgan fingerprint density at radius 1 is 0.854 bits per heavy atom. The second kappa shape index (κ2) is 11.4. The molecule has 5 heteroatoms. The molecule has 0 aliphatic carbocycles. The lowest BCUT2D eigenvalue weighted by Crippen LogP contribution is -2.16. The van der Waals surface area contributed by atoms with E-state index < -0.39 is 12.0 Å². The van der Waals surface area contributed by atoms with Gasteiger partial charge in [-0.3, -0.25) is 0 Å². The van der Waals surface area contributed by atoms with E-state index in [0.29, 0.717) is 17.6 Å². The number of carbonyl (C=O) groups is 1. The van der Waals surface area contributed by atoms with Crippen LogP contribution in [0.15, 0.2) is 108 Å². The average molecular weight is 544 g/mol. The van der Waals surface area contributed by atoms with Crippen LogP contribution in [0.4, 0.5) is 0 Å². The van der Waals surface area contributed by atoms with Gasteiger partial charge in [0.25, 0.3) is 0 Å². The number of hydrogen-bond acceptors (Lipinski definition) is 4. The Morgan fingerprint density at radius 3 is 2.24 bits per heavy atom. The van der Waals surface area contributed by atoms with E-state index in [0.717, 1.165) is 44.5 Å². The third-order valence-corrected chi connectivity index (χ3v) is 7.38. The average Bonchev–Trinajstić information content (AvgIpc) is 2.96. The lowest BCUT2D eigenvalue weighted by atomic mass is 9.81. The summed E-state index contributed by atoms with van der Waals surface area (Å²) in [6.45, 7) is 8.86. The van der Waals surface area contributed by atoms with Crippen LogP contribution in [-0.4, -0.2) is 11.1 Å². The van der Waals surface area contributed by atoms with Gasteiger partial charge in [-0.2, -0.15) is 0 Å². The highest BCUT2D eigenvalue weighted by Gasteiger charge is 2.27. The molecule has 0 saturated carbocycles. The summed E-state index contributed by atoms with van der Waals surface area (Å²) >= 11 is 0. The molecule has 0 fully saturated rings. The third-order valence-electron chi connectivity index (χ3n) is 7.38. The molecular formula is C36H33NO4. The van der Waals surface area contributed by atoms with Gasteiger partial charge >= 0.3 is 5.97 Å². The van der Waals surface area contributed by atoms with Crippen molar-refractivity contribution in [1.29, 1.82) is 0 Å². The van der Waals surface area contributed by atoms with Crippen molar-refractivity contribution in [2.75, 3.05) is 0 Å². The zero-order valence-corrected chi connectivity index (χ0v) is 23.7. The van der Waals surface area contributed by atoms with Crippen LogP contribution in [0, 0.1) is 11.8 Å². The summed E-state index contributed by atoms with van der Waals surface area (Å²) in [6.07, 6.45) is 0. The molecule has 0 saturated heterocycles. The lowest BCUT2D eigenvalue weighted by Gasteiger charge is -2.27. The summed E-state index contributed by atoms with van der Waals surface area (Å²) < 4.78 is 6.57. The number of hydrogen-bond donors (Lipinski definition) is 1. The number of nitrogens with zero attached hydrogens (tertiary/aromatic N) is 1. The second-order valence-corrected chi connectivity index (χ2v) is 11.4. The van der Waals surface area contributed by atoms with E-state index >= 15 is 0 Å². The Kier molecular flexibility index (Phi) is 7.71. The quantitative estimate of drug-likeness (QED) is 0.198. The van der Waals surface area contributed by atoms with Crippen molar-refractivity contribution in [2.24, 2.45) is 5.18 Å². The molecule has 41 heavy (non-hydrogen) atoms. The van der Waals surface area contributed by atoms with Crippen molar-refractivity contribution in [3.63, 3.8) is 0 Å². The van der Waals surface area contributed by atoms with Crippen LogP contribution in [0.3, 0.4) is 0 Å². The zero-order valence-electron chi connectivity index (χ0n) is 23.7. The summed E-state index contributed by atoms with van der Waals surface area (Å²) in [7, 11) is 0. The number of carboxylic acids is 1. The first-order chi connectivity index (χ1) is 19.7. The highest BCUT2D eigenvalue weighted by Crippen LogP contribution is 2.44. The summed E-state index contributed by atoms with van der Waals surface area (Å²) in [5, 5.41) is 14.6. The second-order valence-electron chi connectivity index (χ2n) is 11.4. The van der Waals surface area contributed by atoms with E-state index in [2.05, 4.69) is 57.1 Å². The number of ether oxygens (including phenoxy) is 1. The smallest absolute Gasteiger partial charge is 0.336 e. The van der Waals surface area contributed by atoms with Crippen LogP contribution in [0.5, 0.6) is 5.75 Å². The minimum Gasteiger partial charge on any atom is -0.488 e. The topological polar surface area (TPSA) is 76.0 Å². The van der Waals surface area contributed by atoms with E-state index in [1.165, 1.54) is 0 Å². The molecule has 0 radical (unpaired) electrons. The SMILES string of the molecule is Cc1ccc(-c2cc(C(N=O)c3ccc4c(C(=O)O)cccc4c3)cc(C(C)(C)C)c2OCc2ccccc2)cc1. The highest BCUT2D eigenvalue weighted by molar-refractivity contribution is 6.03. The normalized spacial score (nSPS) is 12.2. The highest BCUT2D eigenvalue weighted by atomic mass is 16.5. The lowest BCUT2D eigenvalue weighted by molar-refractivity contribution is 0.0699. The molecule has 1 atom stereocenters. The first-order valence-corrected chi connectivity index (χ1v) is 13.7. The number of carboxylic acid groups (broad SMARTS) is 1. The fourth-order valence-electron chi connectivity index (χ4n) is 5.17. The number of rotatable bonds is 8. The molecule has 0 aliphatic heterocycles. The first kappa shape index (κ1) is 27.8. The molecule has 5 aromatic carbocycles. The van der Waals surface area contributed by atoms with Crippen molar-refractivity contribution in [1.82, 2.24) is 0 Å². The fraction of sp³-hybridized carbons (Fsp3) is 0.194. The van der Waals surface area contributed by atoms with Gasteiger partial charge in [-0.1, -0.05) is 110 Å². The molecule has 5 nitrogen and oxygen atoms in total. The molecule has 0 heterocycles. The van der Waals surface area contributed by atoms with E-state index in [1.807, 2.05) is 54.6 Å². The molecule has 1 N–H and O–H groups in total. The van der Waals surface area contributed by atoms with Crippen LogP contribution >= 0.6 is 0 Å². The summed E-state index contributed by atoms with van der Waals surface area (Å²) in [5.74, 6) is -0.208. The predicted molar refractivity (Wildman–Crippen MR) is 165 cm³/mol. The molecule has 0 aliphatic rings. The Morgan fingerprint density at radius 2 is 1.59 bits per heavy atom. The van der Waals surface area contributed by atoms with E-state index in [1.54, 1.807) is 24.3 Å². The molecule has 0 amide bonds. The fourth-order valence-corrected chi connectivity index (χ4v) is 5.17. The van der Waals surface area contributed by atoms with Gasteiger partial charge in [0.05, 0.1) is 5.56 Å². The van der Waals surface area contributed by atoms with Crippen molar-refractivity contribution < 1.29 is 14.6 Å².